The van der Waals surface area contributed by atoms with E-state index in [-0.39, 0.29) is 23.7 Å². The van der Waals surface area contributed by atoms with E-state index in [2.05, 4.69) is 10.3 Å². The predicted molar refractivity (Wildman–Crippen MR) is 74.1 cm³/mol. The van der Waals surface area contributed by atoms with Crippen LogP contribution in [0.3, 0.4) is 0 Å². The number of carbonyl (C=O) groups excluding carboxylic acids is 1. The van der Waals surface area contributed by atoms with Crippen molar-refractivity contribution in [3.63, 3.8) is 0 Å². The van der Waals surface area contributed by atoms with Gasteiger partial charge in [-0.05, 0) is 25.7 Å². The average Bonchev–Trinajstić information content (AvgIpc) is 2.58. The molecular weight excluding hydrogens is 256 g/mol. The second-order valence-corrected chi connectivity index (χ2v) is 6.38. The van der Waals surface area contributed by atoms with Crippen molar-refractivity contribution >= 4 is 34.8 Å². The zero-order chi connectivity index (χ0) is 11.8. The number of nitrogens with zero attached hydrogens (tertiary/aromatic N) is 1. The minimum absolute atomic E-state index is 0. The highest BCUT2D eigenvalue weighted by Crippen LogP contribution is 2.30. The van der Waals surface area contributed by atoms with Crippen LogP contribution in [0.25, 0.3) is 0 Å². The van der Waals surface area contributed by atoms with Crippen molar-refractivity contribution in [2.75, 3.05) is 5.32 Å². The largest absolute Gasteiger partial charge is 0.302 e. The van der Waals surface area contributed by atoms with Crippen molar-refractivity contribution in [1.82, 2.24) is 4.98 Å². The Morgan fingerprint density at radius 1 is 1.29 bits per heavy atom. The van der Waals surface area contributed by atoms with Gasteiger partial charge in [-0.2, -0.15) is 0 Å². The molecule has 1 heterocycles. The smallest absolute Gasteiger partial charge is 0.231 e. The number of aromatic nitrogens is 1. The molecule has 2 rings (SSSR count). The van der Waals surface area contributed by atoms with Crippen LogP contribution in [-0.4, -0.2) is 10.9 Å². The molecule has 0 aromatic carbocycles. The first-order valence-electron chi connectivity index (χ1n) is 5.77. The molecular formula is C12H19ClN2OS. The molecule has 0 fully saturated rings. The van der Waals surface area contributed by atoms with Crippen LogP contribution in [0.4, 0.5) is 5.13 Å². The Hall–Kier alpha value is -0.610. The van der Waals surface area contributed by atoms with Crippen LogP contribution in [0.5, 0.6) is 0 Å². The second kappa shape index (κ2) is 5.36. The molecule has 5 heteroatoms. The Labute approximate surface area is 112 Å². The number of amides is 1. The van der Waals surface area contributed by atoms with Gasteiger partial charge in [0.2, 0.25) is 5.91 Å². The molecule has 3 nitrogen and oxygen atoms in total. The van der Waals surface area contributed by atoms with E-state index in [1.54, 1.807) is 11.3 Å². The summed E-state index contributed by atoms with van der Waals surface area (Å²) in [4.78, 5) is 17.7. The van der Waals surface area contributed by atoms with Crippen molar-refractivity contribution in [3.05, 3.63) is 10.6 Å². The van der Waals surface area contributed by atoms with Crippen molar-refractivity contribution < 1.29 is 4.79 Å². The van der Waals surface area contributed by atoms with Crippen LogP contribution in [0, 0.1) is 5.41 Å². The van der Waals surface area contributed by atoms with Gasteiger partial charge in [0.15, 0.2) is 5.13 Å². The van der Waals surface area contributed by atoms with Gasteiger partial charge in [-0.25, -0.2) is 4.98 Å². The molecule has 0 atom stereocenters. The summed E-state index contributed by atoms with van der Waals surface area (Å²) in [6.07, 6.45) is 4.67. The number of aryl methyl sites for hydroxylation is 2. The van der Waals surface area contributed by atoms with Gasteiger partial charge in [0.05, 0.1) is 5.69 Å². The van der Waals surface area contributed by atoms with Crippen molar-refractivity contribution in [2.24, 2.45) is 5.41 Å². The van der Waals surface area contributed by atoms with Gasteiger partial charge in [-0.15, -0.1) is 23.7 Å². The number of thiazole rings is 1. The van der Waals surface area contributed by atoms with Crippen molar-refractivity contribution in [2.45, 2.75) is 46.5 Å². The van der Waals surface area contributed by atoms with Crippen LogP contribution in [0.2, 0.25) is 0 Å². The fraction of sp³-hybridized carbons (Fsp3) is 0.667. The topological polar surface area (TPSA) is 42.0 Å². The van der Waals surface area contributed by atoms with Gasteiger partial charge in [-0.3, -0.25) is 4.79 Å². The summed E-state index contributed by atoms with van der Waals surface area (Å²) in [7, 11) is 0. The van der Waals surface area contributed by atoms with Crippen molar-refractivity contribution in [1.29, 1.82) is 0 Å². The first-order chi connectivity index (χ1) is 7.47. The van der Waals surface area contributed by atoms with E-state index >= 15 is 0 Å². The first-order valence-corrected chi connectivity index (χ1v) is 6.58. The number of fused-ring (bicyclic) bond motifs is 1. The molecule has 1 aromatic heterocycles. The molecule has 0 radical (unpaired) electrons. The molecule has 0 aliphatic heterocycles. The summed E-state index contributed by atoms with van der Waals surface area (Å²) in [5.41, 5.74) is 0.840. The zero-order valence-corrected chi connectivity index (χ0v) is 12.1. The van der Waals surface area contributed by atoms with E-state index in [1.807, 2.05) is 20.8 Å². The number of rotatable bonds is 1. The lowest BCUT2D eigenvalue weighted by Gasteiger charge is -2.15. The maximum atomic E-state index is 11.8. The minimum atomic E-state index is -0.355. The number of nitrogens with one attached hydrogen (secondary N) is 1. The number of anilines is 1. The van der Waals surface area contributed by atoms with Gasteiger partial charge in [0, 0.05) is 10.3 Å². The van der Waals surface area contributed by atoms with Crippen molar-refractivity contribution in [3.8, 4) is 0 Å². The van der Waals surface area contributed by atoms with E-state index in [4.69, 9.17) is 0 Å². The Morgan fingerprint density at radius 2 is 1.94 bits per heavy atom. The normalized spacial score (nSPS) is 14.8. The first kappa shape index (κ1) is 14.5. The third-order valence-corrected chi connectivity index (χ3v) is 3.82. The molecule has 1 N–H and O–H groups in total. The third kappa shape index (κ3) is 3.42. The fourth-order valence-electron chi connectivity index (χ4n) is 1.69. The predicted octanol–water partition coefficient (Wildman–Crippen LogP) is 3.43. The Kier molecular flexibility index (Phi) is 4.55. The fourth-order valence-corrected chi connectivity index (χ4v) is 2.73. The average molecular weight is 275 g/mol. The molecule has 1 aliphatic carbocycles. The van der Waals surface area contributed by atoms with Gasteiger partial charge in [0.1, 0.15) is 0 Å². The maximum absolute atomic E-state index is 11.8. The molecule has 0 saturated heterocycles. The number of halogens is 1. The summed E-state index contributed by atoms with van der Waals surface area (Å²) < 4.78 is 0. The van der Waals surface area contributed by atoms with E-state index in [0.717, 1.165) is 18.0 Å². The lowest BCUT2D eigenvalue weighted by Crippen LogP contribution is -2.27. The number of hydrogen-bond acceptors (Lipinski definition) is 3. The van der Waals surface area contributed by atoms with E-state index in [9.17, 15) is 4.79 Å². The lowest BCUT2D eigenvalue weighted by molar-refractivity contribution is -0.123. The highest BCUT2D eigenvalue weighted by molar-refractivity contribution is 7.15. The number of hydrogen-bond donors (Lipinski definition) is 1. The Morgan fingerprint density at radius 3 is 2.53 bits per heavy atom. The molecule has 0 unspecified atom stereocenters. The summed E-state index contributed by atoms with van der Waals surface area (Å²) in [5.74, 6) is 0.0404. The lowest BCUT2D eigenvalue weighted by atomic mass is 9.96. The monoisotopic (exact) mass is 274 g/mol. The third-order valence-electron chi connectivity index (χ3n) is 2.75. The van der Waals surface area contributed by atoms with Gasteiger partial charge in [0.25, 0.3) is 0 Å². The molecule has 0 saturated carbocycles. The molecule has 96 valence electrons. The standard InChI is InChI=1S/C12H18N2OS.ClH/c1-12(2,3)10(15)14-11-13-8-6-4-5-7-9(8)16-11;/h4-7H2,1-3H3,(H,13,14,15);1H. The van der Waals surface area contributed by atoms with Crippen LogP contribution < -0.4 is 5.32 Å². The van der Waals surface area contributed by atoms with Crippen LogP contribution in [0.1, 0.15) is 44.2 Å². The molecule has 1 amide bonds. The molecule has 1 aliphatic rings. The van der Waals surface area contributed by atoms with Crippen LogP contribution >= 0.6 is 23.7 Å². The number of carbonyl (C=O) groups is 1. The molecule has 1 aromatic rings. The Balaban J connectivity index is 0.00000144. The molecule has 0 bridgehead atoms. The van der Waals surface area contributed by atoms with E-state index in [1.165, 1.54) is 23.4 Å². The Bertz CT molecular complexity index is 386. The maximum Gasteiger partial charge on any atom is 0.231 e. The van der Waals surface area contributed by atoms with Gasteiger partial charge >= 0.3 is 0 Å². The molecule has 17 heavy (non-hydrogen) atoms. The van der Waals surface area contributed by atoms with E-state index in [0.29, 0.717) is 0 Å². The highest BCUT2D eigenvalue weighted by Gasteiger charge is 2.23. The van der Waals surface area contributed by atoms with Crippen LogP contribution in [-0.2, 0) is 17.6 Å². The minimum Gasteiger partial charge on any atom is -0.302 e. The summed E-state index contributed by atoms with van der Waals surface area (Å²) in [6.45, 7) is 5.74. The zero-order valence-electron chi connectivity index (χ0n) is 10.5. The molecule has 0 spiro atoms. The summed E-state index contributed by atoms with van der Waals surface area (Å²) in [5, 5.41) is 3.68. The second-order valence-electron chi connectivity index (χ2n) is 5.30. The van der Waals surface area contributed by atoms with E-state index < -0.39 is 0 Å². The van der Waals surface area contributed by atoms with Crippen LogP contribution in [0.15, 0.2) is 0 Å². The SMILES string of the molecule is CC(C)(C)C(=O)Nc1nc2c(s1)CCCC2.Cl. The van der Waals surface area contributed by atoms with Gasteiger partial charge in [-0.1, -0.05) is 20.8 Å². The summed E-state index contributed by atoms with van der Waals surface area (Å²) >= 11 is 1.64. The quantitative estimate of drug-likeness (QED) is 0.852. The highest BCUT2D eigenvalue weighted by atomic mass is 35.5. The van der Waals surface area contributed by atoms with Gasteiger partial charge < -0.3 is 5.32 Å². The summed E-state index contributed by atoms with van der Waals surface area (Å²) in [6, 6.07) is 0.